The first-order valence-electron chi connectivity index (χ1n) is 8.46. The summed E-state index contributed by atoms with van der Waals surface area (Å²) in [6.45, 7) is 0.0441. The van der Waals surface area contributed by atoms with Crippen LogP contribution in [-0.4, -0.2) is 34.4 Å². The number of nitrogens with zero attached hydrogens (tertiary/aromatic N) is 2. The van der Waals surface area contributed by atoms with E-state index in [1.54, 1.807) is 36.2 Å². The van der Waals surface area contributed by atoms with Crippen molar-refractivity contribution >= 4 is 34.1 Å². The molecule has 1 amide bonds. The second kappa shape index (κ2) is 8.22. The van der Waals surface area contributed by atoms with Gasteiger partial charge in [0.25, 0.3) is 5.56 Å². The van der Waals surface area contributed by atoms with Gasteiger partial charge in [-0.2, -0.15) is 13.2 Å². The Morgan fingerprint density at radius 3 is 2.69 bits per heavy atom. The largest absolute Gasteiger partial charge is 0.417 e. The van der Waals surface area contributed by atoms with Crippen LogP contribution < -0.4 is 10.9 Å². The smallest absolute Gasteiger partial charge is 0.325 e. The quantitative estimate of drug-likeness (QED) is 0.655. The summed E-state index contributed by atoms with van der Waals surface area (Å²) in [5.74, 6) is -0.152. The van der Waals surface area contributed by atoms with Gasteiger partial charge in [-0.1, -0.05) is 23.7 Å². The SMILES string of the molecule is CN(CC(=O)Nc1ccc(Cl)c(C(F)(F)F)c1)Cc1nc2ccccc2c(=O)[nH]1. The minimum Gasteiger partial charge on any atom is -0.325 e. The van der Waals surface area contributed by atoms with Crippen molar-refractivity contribution in [3.8, 4) is 0 Å². The van der Waals surface area contributed by atoms with Crippen LogP contribution in [0.1, 0.15) is 11.4 Å². The summed E-state index contributed by atoms with van der Waals surface area (Å²) >= 11 is 5.57. The van der Waals surface area contributed by atoms with Crippen LogP contribution in [0.15, 0.2) is 47.3 Å². The lowest BCUT2D eigenvalue weighted by Gasteiger charge is -2.16. The summed E-state index contributed by atoms with van der Waals surface area (Å²) < 4.78 is 38.8. The van der Waals surface area contributed by atoms with Gasteiger partial charge < -0.3 is 10.3 Å². The van der Waals surface area contributed by atoms with Crippen LogP contribution in [0, 0.1) is 0 Å². The predicted octanol–water partition coefficient (Wildman–Crippen LogP) is 3.67. The normalized spacial score (nSPS) is 11.8. The minimum atomic E-state index is -4.62. The van der Waals surface area contributed by atoms with Gasteiger partial charge in [-0.3, -0.25) is 14.5 Å². The average Bonchev–Trinajstić information content (AvgIpc) is 2.62. The van der Waals surface area contributed by atoms with E-state index in [1.807, 2.05) is 0 Å². The maximum absolute atomic E-state index is 12.9. The molecule has 0 saturated heterocycles. The molecular formula is C19H16ClF3N4O2. The van der Waals surface area contributed by atoms with Crippen molar-refractivity contribution < 1.29 is 18.0 Å². The van der Waals surface area contributed by atoms with Crippen molar-refractivity contribution in [2.75, 3.05) is 18.9 Å². The van der Waals surface area contributed by atoms with E-state index in [-0.39, 0.29) is 24.3 Å². The Balaban J connectivity index is 1.66. The molecule has 1 aromatic heterocycles. The third kappa shape index (κ3) is 5.12. The lowest BCUT2D eigenvalue weighted by Crippen LogP contribution is -2.31. The Labute approximate surface area is 168 Å². The fraction of sp³-hybridized carbons (Fsp3) is 0.211. The average molecular weight is 425 g/mol. The molecule has 0 radical (unpaired) electrons. The first-order valence-corrected chi connectivity index (χ1v) is 8.84. The number of rotatable bonds is 5. The molecule has 0 aliphatic rings. The number of carbonyl (C=O) groups excluding carboxylic acids is 1. The Hall–Kier alpha value is -2.91. The standard InChI is InChI=1S/C19H16ClF3N4O2/c1-27(9-16-25-15-5-3-2-4-12(15)18(29)26-16)10-17(28)24-11-6-7-14(20)13(8-11)19(21,22)23/h2-8H,9-10H2,1H3,(H,24,28)(H,25,26,29). The molecule has 2 aromatic carbocycles. The van der Waals surface area contributed by atoms with E-state index in [0.29, 0.717) is 16.7 Å². The van der Waals surface area contributed by atoms with E-state index in [4.69, 9.17) is 11.6 Å². The van der Waals surface area contributed by atoms with Gasteiger partial charge in [0.2, 0.25) is 5.91 Å². The van der Waals surface area contributed by atoms with Gasteiger partial charge in [0.05, 0.1) is 34.6 Å². The van der Waals surface area contributed by atoms with Gasteiger partial charge in [0, 0.05) is 5.69 Å². The molecule has 6 nitrogen and oxygen atoms in total. The van der Waals surface area contributed by atoms with Crippen LogP contribution in [0.25, 0.3) is 10.9 Å². The zero-order valence-corrected chi connectivity index (χ0v) is 15.9. The van der Waals surface area contributed by atoms with Crippen LogP contribution in [0.3, 0.4) is 0 Å². The molecule has 3 rings (SSSR count). The summed E-state index contributed by atoms with van der Waals surface area (Å²) in [6.07, 6.45) is -4.62. The van der Waals surface area contributed by atoms with Crippen molar-refractivity contribution in [3.63, 3.8) is 0 Å². The molecule has 0 aliphatic heterocycles. The second-order valence-corrected chi connectivity index (χ2v) is 6.85. The fourth-order valence-electron chi connectivity index (χ4n) is 2.79. The summed E-state index contributed by atoms with van der Waals surface area (Å²) in [5, 5.41) is 2.42. The van der Waals surface area contributed by atoms with E-state index in [0.717, 1.165) is 12.1 Å². The summed E-state index contributed by atoms with van der Waals surface area (Å²) in [4.78, 5) is 32.8. The summed E-state index contributed by atoms with van der Waals surface area (Å²) in [5.41, 5.74) is -0.796. The van der Waals surface area contributed by atoms with Crippen LogP contribution in [-0.2, 0) is 17.5 Å². The third-order valence-electron chi connectivity index (χ3n) is 4.05. The summed E-state index contributed by atoms with van der Waals surface area (Å²) in [7, 11) is 1.62. The Bertz CT molecular complexity index is 1110. The first-order chi connectivity index (χ1) is 13.6. The molecule has 0 unspecified atom stereocenters. The number of para-hydroxylation sites is 1. The van der Waals surface area contributed by atoms with Crippen molar-refractivity contribution in [2.45, 2.75) is 12.7 Å². The highest BCUT2D eigenvalue weighted by Crippen LogP contribution is 2.36. The zero-order valence-electron chi connectivity index (χ0n) is 15.2. The number of likely N-dealkylation sites (N-methyl/N-ethyl adjacent to an activating group) is 1. The van der Waals surface area contributed by atoms with E-state index in [9.17, 15) is 22.8 Å². The highest BCUT2D eigenvalue weighted by atomic mass is 35.5. The van der Waals surface area contributed by atoms with Crippen molar-refractivity contribution in [2.24, 2.45) is 0 Å². The van der Waals surface area contributed by atoms with Crippen molar-refractivity contribution in [1.82, 2.24) is 14.9 Å². The number of benzene rings is 2. The highest BCUT2D eigenvalue weighted by Gasteiger charge is 2.33. The molecule has 0 aliphatic carbocycles. The molecule has 0 spiro atoms. The number of nitrogens with one attached hydrogen (secondary N) is 2. The van der Waals surface area contributed by atoms with Gasteiger partial charge in [-0.15, -0.1) is 0 Å². The Morgan fingerprint density at radius 2 is 1.97 bits per heavy atom. The first kappa shape index (κ1) is 20.8. The molecular weight excluding hydrogens is 409 g/mol. The number of aromatic nitrogens is 2. The number of fused-ring (bicyclic) bond motifs is 1. The number of H-pyrrole nitrogens is 1. The predicted molar refractivity (Wildman–Crippen MR) is 104 cm³/mol. The van der Waals surface area contributed by atoms with Gasteiger partial charge >= 0.3 is 6.18 Å². The van der Waals surface area contributed by atoms with Gasteiger partial charge in [-0.05, 0) is 37.4 Å². The number of carbonyl (C=O) groups is 1. The molecule has 0 fully saturated rings. The Kier molecular flexibility index (Phi) is 5.90. The number of hydrogen-bond donors (Lipinski definition) is 2. The van der Waals surface area contributed by atoms with Gasteiger partial charge in [0.15, 0.2) is 0 Å². The second-order valence-electron chi connectivity index (χ2n) is 6.44. The van der Waals surface area contributed by atoms with E-state index >= 15 is 0 Å². The topological polar surface area (TPSA) is 78.1 Å². The molecule has 0 bridgehead atoms. The monoisotopic (exact) mass is 424 g/mol. The van der Waals surface area contributed by atoms with E-state index in [1.165, 1.54) is 6.07 Å². The molecule has 0 atom stereocenters. The third-order valence-corrected chi connectivity index (χ3v) is 4.38. The molecule has 0 saturated carbocycles. The molecule has 2 N–H and O–H groups in total. The zero-order chi connectivity index (χ0) is 21.2. The molecule has 1 heterocycles. The highest BCUT2D eigenvalue weighted by molar-refractivity contribution is 6.31. The van der Waals surface area contributed by atoms with Crippen LogP contribution in [0.2, 0.25) is 5.02 Å². The maximum atomic E-state index is 12.9. The lowest BCUT2D eigenvalue weighted by atomic mass is 10.2. The Morgan fingerprint density at radius 1 is 1.24 bits per heavy atom. The number of alkyl halides is 3. The number of hydrogen-bond acceptors (Lipinski definition) is 4. The number of halogens is 4. The number of amides is 1. The van der Waals surface area contributed by atoms with Crippen LogP contribution >= 0.6 is 11.6 Å². The maximum Gasteiger partial charge on any atom is 0.417 e. The van der Waals surface area contributed by atoms with Crippen molar-refractivity contribution in [1.29, 1.82) is 0 Å². The molecule has 29 heavy (non-hydrogen) atoms. The molecule has 152 valence electrons. The molecule has 3 aromatic rings. The van der Waals surface area contributed by atoms with Crippen molar-refractivity contribution in [3.05, 3.63) is 69.2 Å². The van der Waals surface area contributed by atoms with Crippen LogP contribution in [0.5, 0.6) is 0 Å². The number of anilines is 1. The molecule has 10 heteroatoms. The number of aromatic amines is 1. The van der Waals surface area contributed by atoms with E-state index in [2.05, 4.69) is 15.3 Å². The summed E-state index contributed by atoms with van der Waals surface area (Å²) in [6, 6.07) is 10.0. The van der Waals surface area contributed by atoms with Gasteiger partial charge in [0.1, 0.15) is 5.82 Å². The lowest BCUT2D eigenvalue weighted by molar-refractivity contribution is -0.137. The minimum absolute atomic E-state index is 0.0163. The van der Waals surface area contributed by atoms with E-state index < -0.39 is 22.7 Å². The fourth-order valence-corrected chi connectivity index (χ4v) is 3.01. The van der Waals surface area contributed by atoms with Crippen LogP contribution in [0.4, 0.5) is 18.9 Å². The van der Waals surface area contributed by atoms with Gasteiger partial charge in [-0.25, -0.2) is 4.98 Å².